The van der Waals surface area contributed by atoms with Gasteiger partial charge in [0.25, 0.3) is 0 Å². The molecule has 0 unspecified atom stereocenters. The number of rotatable bonds is 5. The fourth-order valence-corrected chi connectivity index (χ4v) is 2.09. The Bertz CT molecular complexity index is 375. The topological polar surface area (TPSA) is 35.8 Å². The maximum Gasteiger partial charge on any atom is 0.0995 e. The largest absolute Gasteiger partial charge is 0.313 e. The lowest BCUT2D eigenvalue weighted by molar-refractivity contribution is 0.292. The van der Waals surface area contributed by atoms with Crippen LogP contribution in [0.5, 0.6) is 0 Å². The van der Waals surface area contributed by atoms with E-state index in [1.165, 1.54) is 25.7 Å². The maximum atomic E-state index is 8.93. The molecule has 0 radical (unpaired) electrons. The SMILES string of the molecule is N#Cc1ccccc1CNCCC1CCC1. The first-order chi connectivity index (χ1) is 7.90. The molecule has 0 amide bonds. The summed E-state index contributed by atoms with van der Waals surface area (Å²) < 4.78 is 0. The van der Waals surface area contributed by atoms with Crippen LogP contribution in [0.3, 0.4) is 0 Å². The minimum Gasteiger partial charge on any atom is -0.313 e. The van der Waals surface area contributed by atoms with Crippen LogP contribution in [0.25, 0.3) is 0 Å². The van der Waals surface area contributed by atoms with Crippen LogP contribution in [0.4, 0.5) is 0 Å². The van der Waals surface area contributed by atoms with Gasteiger partial charge in [0.05, 0.1) is 11.6 Å². The molecule has 0 heterocycles. The highest BCUT2D eigenvalue weighted by molar-refractivity contribution is 5.37. The van der Waals surface area contributed by atoms with E-state index in [-0.39, 0.29) is 0 Å². The van der Waals surface area contributed by atoms with Crippen molar-refractivity contribution in [1.29, 1.82) is 5.26 Å². The van der Waals surface area contributed by atoms with E-state index in [9.17, 15) is 0 Å². The summed E-state index contributed by atoms with van der Waals surface area (Å²) in [5, 5.41) is 12.4. The Morgan fingerprint density at radius 3 is 2.81 bits per heavy atom. The van der Waals surface area contributed by atoms with Gasteiger partial charge >= 0.3 is 0 Å². The lowest BCUT2D eigenvalue weighted by Gasteiger charge is -2.25. The number of hydrogen-bond donors (Lipinski definition) is 1. The van der Waals surface area contributed by atoms with Gasteiger partial charge in [0.1, 0.15) is 0 Å². The van der Waals surface area contributed by atoms with Crippen LogP contribution in [-0.4, -0.2) is 6.54 Å². The molecule has 0 spiro atoms. The van der Waals surface area contributed by atoms with Crippen molar-refractivity contribution in [3.05, 3.63) is 35.4 Å². The Balaban J connectivity index is 1.74. The third-order valence-electron chi connectivity index (χ3n) is 3.41. The quantitative estimate of drug-likeness (QED) is 0.765. The third kappa shape index (κ3) is 2.84. The smallest absolute Gasteiger partial charge is 0.0995 e. The van der Waals surface area contributed by atoms with Gasteiger partial charge in [-0.05, 0) is 30.5 Å². The summed E-state index contributed by atoms with van der Waals surface area (Å²) >= 11 is 0. The molecule has 2 rings (SSSR count). The predicted octanol–water partition coefficient (Wildman–Crippen LogP) is 2.84. The Morgan fingerprint density at radius 1 is 1.31 bits per heavy atom. The maximum absolute atomic E-state index is 8.93. The molecule has 16 heavy (non-hydrogen) atoms. The summed E-state index contributed by atoms with van der Waals surface area (Å²) in [4.78, 5) is 0. The van der Waals surface area contributed by atoms with Crippen LogP contribution < -0.4 is 5.32 Å². The summed E-state index contributed by atoms with van der Waals surface area (Å²) in [6.45, 7) is 1.89. The predicted molar refractivity (Wildman–Crippen MR) is 64.8 cm³/mol. The van der Waals surface area contributed by atoms with Gasteiger partial charge in [-0.3, -0.25) is 0 Å². The zero-order chi connectivity index (χ0) is 11.2. The molecule has 0 atom stereocenters. The molecule has 0 bridgehead atoms. The number of nitrogens with zero attached hydrogens (tertiary/aromatic N) is 1. The average molecular weight is 214 g/mol. The van der Waals surface area contributed by atoms with E-state index in [2.05, 4.69) is 11.4 Å². The third-order valence-corrected chi connectivity index (χ3v) is 3.41. The van der Waals surface area contributed by atoms with Crippen LogP contribution in [0.15, 0.2) is 24.3 Å². The van der Waals surface area contributed by atoms with Crippen molar-refractivity contribution in [3.8, 4) is 6.07 Å². The Labute approximate surface area is 97.3 Å². The normalized spacial score (nSPS) is 15.4. The number of nitrogens with one attached hydrogen (secondary N) is 1. The first-order valence-electron chi connectivity index (χ1n) is 6.09. The van der Waals surface area contributed by atoms with E-state index in [0.717, 1.165) is 30.1 Å². The van der Waals surface area contributed by atoms with E-state index in [0.29, 0.717) is 0 Å². The first kappa shape index (κ1) is 11.2. The standard InChI is InChI=1S/C14H18N2/c15-10-13-6-1-2-7-14(13)11-16-9-8-12-4-3-5-12/h1-2,6-7,12,16H,3-5,8-9,11H2. The molecule has 1 aromatic rings. The Morgan fingerprint density at radius 2 is 2.12 bits per heavy atom. The number of benzene rings is 1. The minimum absolute atomic E-state index is 0.790. The van der Waals surface area contributed by atoms with Crippen LogP contribution in [0, 0.1) is 17.2 Å². The zero-order valence-electron chi connectivity index (χ0n) is 9.58. The average Bonchev–Trinajstić information content (AvgIpc) is 2.27. The molecule has 1 fully saturated rings. The summed E-state index contributed by atoms with van der Waals surface area (Å²) in [5.41, 5.74) is 1.90. The second-order valence-corrected chi connectivity index (χ2v) is 4.53. The fraction of sp³-hybridized carbons (Fsp3) is 0.500. The van der Waals surface area contributed by atoms with Gasteiger partial charge in [0.15, 0.2) is 0 Å². The molecule has 1 aliphatic rings. The highest BCUT2D eigenvalue weighted by Crippen LogP contribution is 2.28. The molecule has 0 aliphatic heterocycles. The lowest BCUT2D eigenvalue weighted by Crippen LogP contribution is -2.21. The molecular formula is C14H18N2. The van der Waals surface area contributed by atoms with Crippen molar-refractivity contribution in [2.75, 3.05) is 6.54 Å². The van der Waals surface area contributed by atoms with Crippen molar-refractivity contribution in [2.24, 2.45) is 5.92 Å². The van der Waals surface area contributed by atoms with Gasteiger partial charge < -0.3 is 5.32 Å². The molecule has 2 heteroatoms. The van der Waals surface area contributed by atoms with Gasteiger partial charge in [-0.1, -0.05) is 37.5 Å². The van der Waals surface area contributed by atoms with E-state index in [1.807, 2.05) is 24.3 Å². The molecule has 2 nitrogen and oxygen atoms in total. The Kier molecular flexibility index (Phi) is 3.96. The fourth-order valence-electron chi connectivity index (χ4n) is 2.09. The number of hydrogen-bond acceptors (Lipinski definition) is 2. The van der Waals surface area contributed by atoms with E-state index in [1.54, 1.807) is 0 Å². The van der Waals surface area contributed by atoms with Crippen molar-refractivity contribution >= 4 is 0 Å². The van der Waals surface area contributed by atoms with Gasteiger partial charge in [-0.15, -0.1) is 0 Å². The van der Waals surface area contributed by atoms with Crippen LogP contribution in [0.2, 0.25) is 0 Å². The van der Waals surface area contributed by atoms with Gasteiger partial charge in [-0.2, -0.15) is 5.26 Å². The summed E-state index contributed by atoms with van der Waals surface area (Å²) in [6.07, 6.45) is 5.53. The summed E-state index contributed by atoms with van der Waals surface area (Å²) in [6, 6.07) is 10.0. The van der Waals surface area contributed by atoms with Gasteiger partial charge in [-0.25, -0.2) is 0 Å². The molecule has 84 valence electrons. The summed E-state index contributed by atoms with van der Waals surface area (Å²) in [5.74, 6) is 0.957. The molecule has 1 saturated carbocycles. The highest BCUT2D eigenvalue weighted by Gasteiger charge is 2.16. The van der Waals surface area contributed by atoms with Crippen molar-refractivity contribution in [1.82, 2.24) is 5.32 Å². The zero-order valence-corrected chi connectivity index (χ0v) is 9.58. The van der Waals surface area contributed by atoms with Gasteiger partial charge in [0, 0.05) is 6.54 Å². The lowest BCUT2D eigenvalue weighted by atomic mass is 9.83. The molecule has 0 saturated heterocycles. The van der Waals surface area contributed by atoms with Gasteiger partial charge in [0.2, 0.25) is 0 Å². The molecule has 1 N–H and O–H groups in total. The Hall–Kier alpha value is -1.33. The molecular weight excluding hydrogens is 196 g/mol. The van der Waals surface area contributed by atoms with Crippen molar-refractivity contribution in [3.63, 3.8) is 0 Å². The van der Waals surface area contributed by atoms with Crippen LogP contribution in [-0.2, 0) is 6.54 Å². The minimum atomic E-state index is 0.790. The van der Waals surface area contributed by atoms with Crippen molar-refractivity contribution < 1.29 is 0 Å². The van der Waals surface area contributed by atoms with Crippen LogP contribution in [0.1, 0.15) is 36.8 Å². The molecule has 1 aromatic carbocycles. The highest BCUT2D eigenvalue weighted by atomic mass is 14.8. The second-order valence-electron chi connectivity index (χ2n) is 4.53. The van der Waals surface area contributed by atoms with E-state index >= 15 is 0 Å². The molecule has 0 aromatic heterocycles. The second kappa shape index (κ2) is 5.67. The van der Waals surface area contributed by atoms with Crippen molar-refractivity contribution in [2.45, 2.75) is 32.2 Å². The summed E-state index contributed by atoms with van der Waals surface area (Å²) in [7, 11) is 0. The monoisotopic (exact) mass is 214 g/mol. The van der Waals surface area contributed by atoms with E-state index < -0.39 is 0 Å². The van der Waals surface area contributed by atoms with E-state index in [4.69, 9.17) is 5.26 Å². The number of nitriles is 1. The van der Waals surface area contributed by atoms with Crippen LogP contribution >= 0.6 is 0 Å². The molecule has 1 aliphatic carbocycles. The first-order valence-corrected chi connectivity index (χ1v) is 6.09.